The van der Waals surface area contributed by atoms with Gasteiger partial charge in [0.2, 0.25) is 0 Å². The molecule has 0 aromatic carbocycles. The van der Waals surface area contributed by atoms with E-state index in [1.807, 2.05) is 6.92 Å². The fraction of sp³-hybridized carbons (Fsp3) is 0.900. The van der Waals surface area contributed by atoms with E-state index >= 15 is 0 Å². The minimum absolute atomic E-state index is 0.0185. The number of aliphatic hydroxyl groups excluding tert-OH is 2. The van der Waals surface area contributed by atoms with Crippen molar-refractivity contribution in [1.29, 1.82) is 0 Å². The average Bonchev–Trinajstić information content (AvgIpc) is 2.91. The minimum Gasteiger partial charge on any atom is -0.481 e. The summed E-state index contributed by atoms with van der Waals surface area (Å²) >= 11 is 0. The number of carboxylic acids is 1. The molecule has 10 atom stereocenters. The van der Waals surface area contributed by atoms with E-state index in [0.717, 1.165) is 44.9 Å². The zero-order chi connectivity index (χ0) is 24.9. The minimum atomic E-state index is -1.05. The number of aliphatic carboxylic acids is 1. The van der Waals surface area contributed by atoms with Crippen LogP contribution in [0, 0.1) is 50.7 Å². The molecule has 5 rings (SSSR count). The quantitative estimate of drug-likeness (QED) is 0.397. The van der Waals surface area contributed by atoms with Crippen LogP contribution in [-0.2, 0) is 4.79 Å². The number of hydrogen-bond donors (Lipinski definition) is 3. The molecule has 0 amide bonds. The Morgan fingerprint density at radius 1 is 0.765 bits per heavy atom. The molecule has 4 saturated carbocycles. The van der Waals surface area contributed by atoms with Gasteiger partial charge in [-0.15, -0.1) is 0 Å². The molecule has 5 aliphatic carbocycles. The SMILES string of the molecule is CC1(C)[C@H](O)CC[C@]2(C)[C@H]3CC[C@@H]4[C@@]5(C)CC[C@H](O)[C@](C)(C(=O)O)[C@@H]5CC[C@@]4(C)C=C3CC[C@@H]12. The van der Waals surface area contributed by atoms with Crippen molar-refractivity contribution < 1.29 is 20.1 Å². The van der Waals surface area contributed by atoms with Gasteiger partial charge in [0.15, 0.2) is 0 Å². The van der Waals surface area contributed by atoms with Gasteiger partial charge in [0.25, 0.3) is 0 Å². The molecule has 0 radical (unpaired) electrons. The number of rotatable bonds is 1. The molecule has 0 aromatic rings. The number of carbonyl (C=O) groups is 1. The lowest BCUT2D eigenvalue weighted by Gasteiger charge is -2.62. The molecule has 0 aromatic heterocycles. The fourth-order valence-corrected chi connectivity index (χ4v) is 10.9. The summed E-state index contributed by atoms with van der Waals surface area (Å²) in [5, 5.41) is 32.0. The molecule has 0 spiro atoms. The number of allylic oxidation sites excluding steroid dienone is 2. The Balaban J connectivity index is 1.52. The van der Waals surface area contributed by atoms with Crippen molar-refractivity contribution in [2.75, 3.05) is 0 Å². The number of aliphatic hydroxyl groups is 2. The normalized spacial score (nSPS) is 54.4. The Morgan fingerprint density at radius 2 is 1.41 bits per heavy atom. The van der Waals surface area contributed by atoms with E-state index in [1.54, 1.807) is 5.57 Å². The van der Waals surface area contributed by atoms with Gasteiger partial charge in [-0.2, -0.15) is 0 Å². The topological polar surface area (TPSA) is 77.8 Å². The molecule has 0 saturated heterocycles. The highest BCUT2D eigenvalue weighted by molar-refractivity contribution is 5.76. The smallest absolute Gasteiger partial charge is 0.312 e. The van der Waals surface area contributed by atoms with Crippen LogP contribution in [-0.4, -0.2) is 33.5 Å². The Hall–Kier alpha value is -0.870. The Labute approximate surface area is 206 Å². The Kier molecular flexibility index (Phi) is 5.52. The summed E-state index contributed by atoms with van der Waals surface area (Å²) < 4.78 is 0. The molecule has 4 heteroatoms. The number of hydrogen-bond acceptors (Lipinski definition) is 3. The van der Waals surface area contributed by atoms with E-state index in [-0.39, 0.29) is 33.7 Å². The van der Waals surface area contributed by atoms with Crippen molar-refractivity contribution in [3.05, 3.63) is 11.6 Å². The zero-order valence-electron chi connectivity index (χ0n) is 22.4. The maximum atomic E-state index is 12.5. The van der Waals surface area contributed by atoms with Gasteiger partial charge in [0.1, 0.15) is 0 Å². The number of carboxylic acid groups (broad SMARTS) is 1. The lowest BCUT2D eigenvalue weighted by atomic mass is 9.42. The lowest BCUT2D eigenvalue weighted by molar-refractivity contribution is -0.196. The van der Waals surface area contributed by atoms with E-state index in [4.69, 9.17) is 0 Å². The van der Waals surface area contributed by atoms with Crippen molar-refractivity contribution in [3.8, 4) is 0 Å². The van der Waals surface area contributed by atoms with Crippen LogP contribution >= 0.6 is 0 Å². The van der Waals surface area contributed by atoms with Gasteiger partial charge in [-0.1, -0.05) is 46.3 Å². The zero-order valence-corrected chi connectivity index (χ0v) is 22.4. The van der Waals surface area contributed by atoms with Crippen LogP contribution in [0.2, 0.25) is 0 Å². The predicted molar refractivity (Wildman–Crippen MR) is 134 cm³/mol. The number of fused-ring (bicyclic) bond motifs is 6. The van der Waals surface area contributed by atoms with Gasteiger partial charge in [0.05, 0.1) is 17.6 Å². The van der Waals surface area contributed by atoms with Crippen molar-refractivity contribution in [2.45, 2.75) is 118 Å². The van der Waals surface area contributed by atoms with Gasteiger partial charge in [-0.25, -0.2) is 0 Å². The summed E-state index contributed by atoms with van der Waals surface area (Å²) in [4.78, 5) is 12.5. The largest absolute Gasteiger partial charge is 0.481 e. The maximum Gasteiger partial charge on any atom is 0.312 e. The second-order valence-electron chi connectivity index (χ2n) is 14.6. The molecule has 192 valence electrons. The molecule has 4 fully saturated rings. The van der Waals surface area contributed by atoms with Gasteiger partial charge in [-0.05, 0) is 116 Å². The van der Waals surface area contributed by atoms with Crippen LogP contribution in [0.4, 0.5) is 0 Å². The standard InChI is InChI=1S/C30H48O4/c1-26(2)20-9-7-18-17-27(3)14-11-22-29(5,16-13-24(32)30(22,6)25(33)34)21(27)10-8-19(18)28(20,4)15-12-23(26)31/h17,19-24,31-32H,7-16H2,1-6H3,(H,33,34)/t19-,20-,21-,22+,23+,24-,27-,28+,29+,30+/m0/s1. The van der Waals surface area contributed by atoms with E-state index in [0.29, 0.717) is 24.2 Å². The Bertz CT molecular complexity index is 892. The van der Waals surface area contributed by atoms with Gasteiger partial charge in [-0.3, -0.25) is 4.79 Å². The predicted octanol–water partition coefficient (Wildman–Crippen LogP) is 6.20. The summed E-state index contributed by atoms with van der Waals surface area (Å²) in [5.41, 5.74) is 0.837. The average molecular weight is 473 g/mol. The molecular weight excluding hydrogens is 424 g/mol. The van der Waals surface area contributed by atoms with Gasteiger partial charge < -0.3 is 15.3 Å². The molecule has 5 aliphatic rings. The third kappa shape index (κ3) is 3.06. The molecule has 3 N–H and O–H groups in total. The van der Waals surface area contributed by atoms with E-state index in [9.17, 15) is 20.1 Å². The van der Waals surface area contributed by atoms with Crippen LogP contribution < -0.4 is 0 Å². The van der Waals surface area contributed by atoms with E-state index in [1.165, 1.54) is 12.8 Å². The second kappa shape index (κ2) is 7.57. The van der Waals surface area contributed by atoms with Crippen molar-refractivity contribution in [1.82, 2.24) is 0 Å². The molecule has 4 nitrogen and oxygen atoms in total. The lowest BCUT2D eigenvalue weighted by Crippen LogP contribution is -2.61. The summed E-state index contributed by atoms with van der Waals surface area (Å²) in [5.74, 6) is 0.764. The highest BCUT2D eigenvalue weighted by atomic mass is 16.4. The van der Waals surface area contributed by atoms with Crippen molar-refractivity contribution in [3.63, 3.8) is 0 Å². The summed E-state index contributed by atoms with van der Waals surface area (Å²) in [7, 11) is 0. The molecule has 0 aliphatic heterocycles. The second-order valence-corrected chi connectivity index (χ2v) is 14.6. The van der Waals surface area contributed by atoms with Crippen LogP contribution in [0.5, 0.6) is 0 Å². The van der Waals surface area contributed by atoms with Crippen LogP contribution in [0.3, 0.4) is 0 Å². The van der Waals surface area contributed by atoms with E-state index in [2.05, 4.69) is 40.7 Å². The van der Waals surface area contributed by atoms with Crippen LogP contribution in [0.25, 0.3) is 0 Å². The highest BCUT2D eigenvalue weighted by Crippen LogP contribution is 2.69. The first kappa shape index (κ1) is 24.8. The monoisotopic (exact) mass is 472 g/mol. The molecule has 34 heavy (non-hydrogen) atoms. The van der Waals surface area contributed by atoms with Crippen LogP contribution in [0.1, 0.15) is 106 Å². The summed E-state index contributed by atoms with van der Waals surface area (Å²) in [6.07, 6.45) is 11.8. The third-order valence-electron chi connectivity index (χ3n) is 12.9. The summed E-state index contributed by atoms with van der Waals surface area (Å²) in [6, 6.07) is 0. The van der Waals surface area contributed by atoms with Crippen molar-refractivity contribution >= 4 is 5.97 Å². The van der Waals surface area contributed by atoms with Gasteiger partial charge >= 0.3 is 5.97 Å². The first-order chi connectivity index (χ1) is 15.7. The fourth-order valence-electron chi connectivity index (χ4n) is 10.9. The third-order valence-corrected chi connectivity index (χ3v) is 12.9. The van der Waals surface area contributed by atoms with Crippen molar-refractivity contribution in [2.24, 2.45) is 50.7 Å². The first-order valence-corrected chi connectivity index (χ1v) is 14.0. The molecule has 0 unspecified atom stereocenters. The van der Waals surface area contributed by atoms with Crippen LogP contribution in [0.15, 0.2) is 11.6 Å². The highest BCUT2D eigenvalue weighted by Gasteiger charge is 2.65. The molecular formula is C30H48O4. The molecule has 0 heterocycles. The molecule has 0 bridgehead atoms. The Morgan fingerprint density at radius 3 is 2.09 bits per heavy atom. The van der Waals surface area contributed by atoms with Gasteiger partial charge in [0, 0.05) is 0 Å². The first-order valence-electron chi connectivity index (χ1n) is 14.0. The van der Waals surface area contributed by atoms with E-state index < -0.39 is 17.5 Å². The maximum absolute atomic E-state index is 12.5. The summed E-state index contributed by atoms with van der Waals surface area (Å²) in [6.45, 7) is 13.7.